The first-order chi connectivity index (χ1) is 8.73. The van der Waals surface area contributed by atoms with Gasteiger partial charge in [0.05, 0.1) is 12.6 Å². The van der Waals surface area contributed by atoms with E-state index in [1.54, 1.807) is 39.8 Å². The van der Waals surface area contributed by atoms with Crippen molar-refractivity contribution in [1.29, 1.82) is 0 Å². The largest absolute Gasteiger partial charge is 0.508 e. The fourth-order valence-corrected chi connectivity index (χ4v) is 1.72. The molecule has 1 amide bonds. The lowest BCUT2D eigenvalue weighted by molar-refractivity contribution is 0.0481. The van der Waals surface area contributed by atoms with E-state index in [-0.39, 0.29) is 12.4 Å². The zero-order valence-corrected chi connectivity index (χ0v) is 11.7. The van der Waals surface area contributed by atoms with Crippen LogP contribution in [0.3, 0.4) is 0 Å². The van der Waals surface area contributed by atoms with Crippen LogP contribution in [0.15, 0.2) is 18.2 Å². The Morgan fingerprint density at radius 1 is 1.42 bits per heavy atom. The number of aliphatic hydroxyl groups is 1. The van der Waals surface area contributed by atoms with E-state index in [9.17, 15) is 15.0 Å². The first kappa shape index (κ1) is 15.3. The van der Waals surface area contributed by atoms with Crippen molar-refractivity contribution in [3.8, 4) is 5.75 Å². The zero-order valence-electron chi connectivity index (χ0n) is 11.7. The number of amides is 1. The highest BCUT2D eigenvalue weighted by atomic mass is 16.6. The van der Waals surface area contributed by atoms with Gasteiger partial charge in [-0.1, -0.05) is 6.07 Å². The van der Waals surface area contributed by atoms with Gasteiger partial charge in [-0.2, -0.15) is 0 Å². The molecule has 5 heteroatoms. The Morgan fingerprint density at radius 3 is 2.53 bits per heavy atom. The number of benzene rings is 1. The van der Waals surface area contributed by atoms with Gasteiger partial charge in [-0.25, -0.2) is 4.79 Å². The number of nitrogens with one attached hydrogen (secondary N) is 1. The third-order valence-corrected chi connectivity index (χ3v) is 2.50. The molecule has 19 heavy (non-hydrogen) atoms. The Balaban J connectivity index is 2.81. The Hall–Kier alpha value is -1.75. The van der Waals surface area contributed by atoms with E-state index in [1.165, 1.54) is 6.07 Å². The highest BCUT2D eigenvalue weighted by Crippen LogP contribution is 2.22. The predicted octanol–water partition coefficient (Wildman–Crippen LogP) is 2.26. The number of phenolic OH excluding ortho intramolecular Hbond substituents is 1. The predicted molar refractivity (Wildman–Crippen MR) is 72.0 cm³/mol. The van der Waals surface area contributed by atoms with Crippen LogP contribution >= 0.6 is 0 Å². The topological polar surface area (TPSA) is 78.8 Å². The molecule has 106 valence electrons. The van der Waals surface area contributed by atoms with Crippen LogP contribution in [0.2, 0.25) is 0 Å². The first-order valence-electron chi connectivity index (χ1n) is 6.13. The minimum absolute atomic E-state index is 0.148. The number of phenols is 1. The van der Waals surface area contributed by atoms with Crippen molar-refractivity contribution in [1.82, 2.24) is 5.32 Å². The monoisotopic (exact) mass is 267 g/mol. The van der Waals surface area contributed by atoms with Crippen LogP contribution in [0.25, 0.3) is 0 Å². The molecule has 0 aliphatic heterocycles. The first-order valence-corrected chi connectivity index (χ1v) is 6.13. The van der Waals surface area contributed by atoms with Gasteiger partial charge in [-0.05, 0) is 51.0 Å². The van der Waals surface area contributed by atoms with Crippen LogP contribution < -0.4 is 5.32 Å². The lowest BCUT2D eigenvalue weighted by atomic mass is 10.0. The van der Waals surface area contributed by atoms with Crippen LogP contribution in [-0.2, 0) is 4.74 Å². The van der Waals surface area contributed by atoms with E-state index in [0.717, 1.165) is 11.1 Å². The number of rotatable bonds is 3. The van der Waals surface area contributed by atoms with Crippen molar-refractivity contribution in [2.45, 2.75) is 39.3 Å². The molecule has 1 unspecified atom stereocenters. The number of hydrogen-bond donors (Lipinski definition) is 3. The number of aryl methyl sites for hydroxylation is 1. The van der Waals surface area contributed by atoms with Gasteiger partial charge in [-0.15, -0.1) is 0 Å². The molecule has 1 rings (SSSR count). The van der Waals surface area contributed by atoms with Crippen LogP contribution in [0.5, 0.6) is 5.75 Å². The number of carbonyl (C=O) groups excluding carboxylic acids is 1. The summed E-state index contributed by atoms with van der Waals surface area (Å²) in [4.78, 5) is 11.7. The second-order valence-electron chi connectivity index (χ2n) is 5.42. The molecule has 1 aromatic carbocycles. The van der Waals surface area contributed by atoms with Gasteiger partial charge in [0.25, 0.3) is 0 Å². The standard InChI is InChI=1S/C14H21NO4/c1-9-7-10(17)5-6-11(9)12(8-16)15-13(18)19-14(2,3)4/h5-7,12,16-17H,8H2,1-4H3,(H,15,18). The summed E-state index contributed by atoms with van der Waals surface area (Å²) in [6.07, 6.45) is -0.584. The third kappa shape index (κ3) is 4.79. The van der Waals surface area contributed by atoms with E-state index in [0.29, 0.717) is 0 Å². The molecular formula is C14H21NO4. The Kier molecular flexibility index (Phi) is 4.78. The quantitative estimate of drug-likeness (QED) is 0.785. The normalized spacial score (nSPS) is 12.9. The molecule has 0 fully saturated rings. The van der Waals surface area contributed by atoms with Crippen molar-refractivity contribution >= 4 is 6.09 Å². The summed E-state index contributed by atoms with van der Waals surface area (Å²) in [5.74, 6) is 0.148. The molecule has 0 bridgehead atoms. The molecule has 0 heterocycles. The summed E-state index contributed by atoms with van der Waals surface area (Å²) in [6.45, 7) is 6.87. The highest BCUT2D eigenvalue weighted by Gasteiger charge is 2.21. The van der Waals surface area contributed by atoms with Gasteiger partial charge in [-0.3, -0.25) is 0 Å². The molecular weight excluding hydrogens is 246 g/mol. The van der Waals surface area contributed by atoms with Crippen molar-refractivity contribution in [2.75, 3.05) is 6.61 Å². The minimum atomic E-state index is -0.589. The molecule has 0 saturated heterocycles. The number of aromatic hydroxyl groups is 1. The van der Waals surface area contributed by atoms with Crippen LogP contribution in [-0.4, -0.2) is 28.5 Å². The maximum atomic E-state index is 11.7. The highest BCUT2D eigenvalue weighted by molar-refractivity contribution is 5.68. The molecule has 0 aliphatic carbocycles. The number of carbonyl (C=O) groups is 1. The fourth-order valence-electron chi connectivity index (χ4n) is 1.72. The summed E-state index contributed by atoms with van der Waals surface area (Å²) in [5.41, 5.74) is 0.940. The second kappa shape index (κ2) is 5.93. The average molecular weight is 267 g/mol. The summed E-state index contributed by atoms with van der Waals surface area (Å²) in [7, 11) is 0. The third-order valence-electron chi connectivity index (χ3n) is 2.50. The van der Waals surface area contributed by atoms with Gasteiger partial charge in [0.2, 0.25) is 0 Å². The number of hydrogen-bond acceptors (Lipinski definition) is 4. The Morgan fingerprint density at radius 2 is 2.05 bits per heavy atom. The molecule has 1 atom stereocenters. The Bertz CT molecular complexity index is 451. The molecule has 5 nitrogen and oxygen atoms in total. The van der Waals surface area contributed by atoms with E-state index < -0.39 is 17.7 Å². The van der Waals surface area contributed by atoms with Gasteiger partial charge in [0.15, 0.2) is 0 Å². The maximum absolute atomic E-state index is 11.7. The average Bonchev–Trinajstić information content (AvgIpc) is 2.24. The number of ether oxygens (including phenoxy) is 1. The van der Waals surface area contributed by atoms with Gasteiger partial charge >= 0.3 is 6.09 Å². The zero-order chi connectivity index (χ0) is 14.6. The number of aliphatic hydroxyl groups excluding tert-OH is 1. The molecule has 3 N–H and O–H groups in total. The molecule has 0 saturated carbocycles. The molecule has 0 spiro atoms. The van der Waals surface area contributed by atoms with Crippen LogP contribution in [0.1, 0.15) is 37.9 Å². The van der Waals surface area contributed by atoms with Crippen molar-refractivity contribution in [3.05, 3.63) is 29.3 Å². The number of alkyl carbamates (subject to hydrolysis) is 1. The van der Waals surface area contributed by atoms with Gasteiger partial charge in [0.1, 0.15) is 11.4 Å². The molecule has 0 aromatic heterocycles. The fraction of sp³-hybridized carbons (Fsp3) is 0.500. The van der Waals surface area contributed by atoms with E-state index in [1.807, 2.05) is 0 Å². The second-order valence-corrected chi connectivity index (χ2v) is 5.42. The lowest BCUT2D eigenvalue weighted by Crippen LogP contribution is -2.36. The molecule has 0 radical (unpaired) electrons. The summed E-state index contributed by atoms with van der Waals surface area (Å²) in [5, 5.41) is 21.3. The minimum Gasteiger partial charge on any atom is -0.508 e. The Labute approximate surface area is 113 Å². The summed E-state index contributed by atoms with van der Waals surface area (Å²) < 4.78 is 5.14. The van der Waals surface area contributed by atoms with Gasteiger partial charge < -0.3 is 20.3 Å². The molecule has 1 aromatic rings. The summed E-state index contributed by atoms with van der Waals surface area (Å²) >= 11 is 0. The van der Waals surface area contributed by atoms with Crippen molar-refractivity contribution < 1.29 is 19.7 Å². The summed E-state index contributed by atoms with van der Waals surface area (Å²) in [6, 6.07) is 4.20. The maximum Gasteiger partial charge on any atom is 0.408 e. The van der Waals surface area contributed by atoms with E-state index in [4.69, 9.17) is 4.74 Å². The van der Waals surface area contributed by atoms with E-state index in [2.05, 4.69) is 5.32 Å². The van der Waals surface area contributed by atoms with Crippen molar-refractivity contribution in [3.63, 3.8) is 0 Å². The van der Waals surface area contributed by atoms with Crippen LogP contribution in [0.4, 0.5) is 4.79 Å². The van der Waals surface area contributed by atoms with Crippen LogP contribution in [0, 0.1) is 6.92 Å². The lowest BCUT2D eigenvalue weighted by Gasteiger charge is -2.23. The van der Waals surface area contributed by atoms with E-state index >= 15 is 0 Å². The SMILES string of the molecule is Cc1cc(O)ccc1C(CO)NC(=O)OC(C)(C)C. The van der Waals surface area contributed by atoms with Gasteiger partial charge in [0, 0.05) is 0 Å². The van der Waals surface area contributed by atoms with Crippen molar-refractivity contribution in [2.24, 2.45) is 0 Å². The smallest absolute Gasteiger partial charge is 0.408 e. The molecule has 0 aliphatic rings.